The van der Waals surface area contributed by atoms with Gasteiger partial charge in [-0.25, -0.2) is 9.69 Å². The van der Waals surface area contributed by atoms with Crippen molar-refractivity contribution < 1.29 is 33.8 Å². The van der Waals surface area contributed by atoms with Crippen LogP contribution in [-0.4, -0.2) is 53.2 Å². The molecule has 2 atom stereocenters. The number of carboxylic acids is 1. The quantitative estimate of drug-likeness (QED) is 0.717. The number of esters is 1. The topological polar surface area (TPSA) is 110 Å². The number of carboxylic acid groups (broad SMARTS) is 1. The average Bonchev–Trinajstić information content (AvgIpc) is 2.75. The fourth-order valence-corrected chi connectivity index (χ4v) is 2.02. The maximum Gasteiger partial charge on any atom is 0.416 e. The molecule has 21 heavy (non-hydrogen) atoms. The first-order valence-electron chi connectivity index (χ1n) is 6.59. The van der Waals surface area contributed by atoms with Crippen molar-refractivity contribution in [2.75, 3.05) is 13.2 Å². The summed E-state index contributed by atoms with van der Waals surface area (Å²) in [5.74, 6) is -3.67. The Labute approximate surface area is 122 Å². The highest BCUT2D eigenvalue weighted by Crippen LogP contribution is 2.23. The van der Waals surface area contributed by atoms with Gasteiger partial charge in [0.25, 0.3) is 0 Å². The summed E-state index contributed by atoms with van der Waals surface area (Å²) in [6.07, 6.45) is -1.32. The Kier molecular flexibility index (Phi) is 5.69. The summed E-state index contributed by atoms with van der Waals surface area (Å²) in [7, 11) is 0. The van der Waals surface area contributed by atoms with Crippen molar-refractivity contribution in [1.29, 1.82) is 0 Å². The van der Waals surface area contributed by atoms with E-state index < -0.39 is 42.3 Å². The van der Waals surface area contributed by atoms with E-state index in [1.807, 2.05) is 13.8 Å². The zero-order valence-electron chi connectivity index (χ0n) is 12.2. The van der Waals surface area contributed by atoms with Crippen LogP contribution in [0.15, 0.2) is 0 Å². The Bertz CT molecular complexity index is 446. The Balaban J connectivity index is 2.88. The van der Waals surface area contributed by atoms with E-state index in [1.165, 1.54) is 0 Å². The van der Waals surface area contributed by atoms with E-state index in [2.05, 4.69) is 0 Å². The lowest BCUT2D eigenvalue weighted by Gasteiger charge is -2.25. The molecule has 8 nitrogen and oxygen atoms in total. The molecule has 0 spiro atoms. The van der Waals surface area contributed by atoms with E-state index in [0.717, 1.165) is 11.8 Å². The normalized spacial score (nSPS) is 19.3. The molecule has 8 heteroatoms. The molecule has 0 aliphatic carbocycles. The molecular formula is C13H19NO7. The van der Waals surface area contributed by atoms with Gasteiger partial charge in [0.2, 0.25) is 5.91 Å². The average molecular weight is 301 g/mol. The minimum Gasteiger partial charge on any atom is -0.481 e. The zero-order valence-corrected chi connectivity index (χ0v) is 12.2. The zero-order chi connectivity index (χ0) is 16.2. The molecule has 1 aliphatic rings. The molecule has 1 saturated heterocycles. The fraction of sp³-hybridized carbons (Fsp3) is 0.692. The van der Waals surface area contributed by atoms with E-state index in [4.69, 9.17) is 14.6 Å². The second-order valence-corrected chi connectivity index (χ2v) is 5.19. The largest absolute Gasteiger partial charge is 0.481 e. The van der Waals surface area contributed by atoms with Gasteiger partial charge >= 0.3 is 18.0 Å². The molecule has 0 aromatic rings. The third-order valence-electron chi connectivity index (χ3n) is 3.17. The number of hydrogen-bond acceptors (Lipinski definition) is 6. The number of amides is 2. The minimum atomic E-state index is -1.21. The molecule has 0 radical (unpaired) electrons. The van der Waals surface area contributed by atoms with Crippen LogP contribution >= 0.6 is 0 Å². The van der Waals surface area contributed by atoms with E-state index >= 15 is 0 Å². The number of rotatable bonds is 6. The van der Waals surface area contributed by atoms with Crippen LogP contribution < -0.4 is 0 Å². The lowest BCUT2D eigenvalue weighted by molar-refractivity contribution is -0.151. The highest BCUT2D eigenvalue weighted by molar-refractivity contribution is 5.96. The van der Waals surface area contributed by atoms with E-state index in [-0.39, 0.29) is 19.1 Å². The van der Waals surface area contributed by atoms with Crippen molar-refractivity contribution in [3.05, 3.63) is 0 Å². The molecule has 2 amide bonds. The first kappa shape index (κ1) is 16.9. The van der Waals surface area contributed by atoms with E-state index in [0.29, 0.717) is 0 Å². The standard InChI is InChI=1S/C13H19NO7/c1-7(2)10-6-21-13(19)14(10)12(18)9(4-11(16)17)5-20-8(3)15/h7,9-10H,4-6H2,1-3H3,(H,16,17)/t9-,10-/m0/s1. The van der Waals surface area contributed by atoms with Crippen LogP contribution in [0.3, 0.4) is 0 Å². The molecule has 0 saturated carbocycles. The van der Waals surface area contributed by atoms with Gasteiger partial charge < -0.3 is 14.6 Å². The Morgan fingerprint density at radius 1 is 1.43 bits per heavy atom. The molecule has 1 N–H and O–H groups in total. The Morgan fingerprint density at radius 2 is 2.05 bits per heavy atom. The van der Waals surface area contributed by atoms with Gasteiger partial charge in [-0.3, -0.25) is 14.4 Å². The van der Waals surface area contributed by atoms with Crippen LogP contribution in [-0.2, 0) is 23.9 Å². The monoisotopic (exact) mass is 301 g/mol. The number of carbonyl (C=O) groups excluding carboxylic acids is 3. The molecule has 0 bridgehead atoms. The molecule has 1 heterocycles. The van der Waals surface area contributed by atoms with Gasteiger partial charge in [0.1, 0.15) is 13.2 Å². The highest BCUT2D eigenvalue weighted by atomic mass is 16.6. The number of aliphatic carboxylic acids is 1. The molecule has 1 rings (SSSR count). The molecule has 0 aromatic carbocycles. The summed E-state index contributed by atoms with van der Waals surface area (Å²) in [4.78, 5) is 46.7. The fourth-order valence-electron chi connectivity index (χ4n) is 2.02. The number of hydrogen-bond donors (Lipinski definition) is 1. The summed E-state index contributed by atoms with van der Waals surface area (Å²) in [6, 6.07) is -0.446. The summed E-state index contributed by atoms with van der Waals surface area (Å²) < 4.78 is 9.57. The van der Waals surface area contributed by atoms with Gasteiger partial charge in [0.15, 0.2) is 0 Å². The molecule has 118 valence electrons. The minimum absolute atomic E-state index is 0.0281. The molecule has 1 aliphatic heterocycles. The van der Waals surface area contributed by atoms with Gasteiger partial charge in [0, 0.05) is 6.92 Å². The summed E-state index contributed by atoms with van der Waals surface area (Å²) in [6.45, 7) is 4.50. The number of cyclic esters (lactones) is 1. The first-order valence-corrected chi connectivity index (χ1v) is 6.59. The van der Waals surface area contributed by atoms with Crippen LogP contribution in [0.5, 0.6) is 0 Å². The van der Waals surface area contributed by atoms with Gasteiger partial charge in [-0.15, -0.1) is 0 Å². The summed E-state index contributed by atoms with van der Waals surface area (Å²) in [5.41, 5.74) is 0. The maximum absolute atomic E-state index is 12.4. The SMILES string of the molecule is CC(=O)OC[C@H](CC(=O)O)C(=O)N1C(=O)OC[C@H]1C(C)C. The third kappa shape index (κ3) is 4.44. The number of nitrogens with zero attached hydrogens (tertiary/aromatic N) is 1. The lowest BCUT2D eigenvalue weighted by atomic mass is 10.00. The summed E-state index contributed by atoms with van der Waals surface area (Å²) in [5, 5.41) is 8.85. The smallest absolute Gasteiger partial charge is 0.416 e. The van der Waals surface area contributed by atoms with Crippen molar-refractivity contribution in [2.24, 2.45) is 11.8 Å². The predicted molar refractivity (Wildman–Crippen MR) is 69.2 cm³/mol. The highest BCUT2D eigenvalue weighted by Gasteiger charge is 2.42. The van der Waals surface area contributed by atoms with Crippen molar-refractivity contribution in [2.45, 2.75) is 33.2 Å². The van der Waals surface area contributed by atoms with Crippen molar-refractivity contribution in [3.8, 4) is 0 Å². The third-order valence-corrected chi connectivity index (χ3v) is 3.17. The van der Waals surface area contributed by atoms with Crippen LogP contribution in [0.1, 0.15) is 27.2 Å². The van der Waals surface area contributed by atoms with Crippen LogP contribution in [0.2, 0.25) is 0 Å². The summed E-state index contributed by atoms with van der Waals surface area (Å²) >= 11 is 0. The molecular weight excluding hydrogens is 282 g/mol. The van der Waals surface area contributed by atoms with Crippen LogP contribution in [0.25, 0.3) is 0 Å². The van der Waals surface area contributed by atoms with Gasteiger partial charge in [-0.05, 0) is 5.92 Å². The van der Waals surface area contributed by atoms with E-state index in [9.17, 15) is 19.2 Å². The maximum atomic E-state index is 12.4. The van der Waals surface area contributed by atoms with Gasteiger partial charge in [-0.1, -0.05) is 13.8 Å². The Hall–Kier alpha value is -2.12. The van der Waals surface area contributed by atoms with Crippen molar-refractivity contribution in [3.63, 3.8) is 0 Å². The predicted octanol–water partition coefficient (Wildman–Crippen LogP) is 0.644. The van der Waals surface area contributed by atoms with Gasteiger partial charge in [0.05, 0.1) is 18.4 Å². The number of ether oxygens (including phenoxy) is 2. The van der Waals surface area contributed by atoms with Crippen molar-refractivity contribution in [1.82, 2.24) is 4.90 Å². The molecule has 0 unspecified atom stereocenters. The lowest BCUT2D eigenvalue weighted by Crippen LogP contribution is -2.46. The van der Waals surface area contributed by atoms with Crippen LogP contribution in [0.4, 0.5) is 4.79 Å². The number of imide groups is 1. The second-order valence-electron chi connectivity index (χ2n) is 5.19. The van der Waals surface area contributed by atoms with Crippen molar-refractivity contribution >= 4 is 23.9 Å². The van der Waals surface area contributed by atoms with E-state index in [1.54, 1.807) is 0 Å². The first-order chi connectivity index (χ1) is 9.73. The van der Waals surface area contributed by atoms with Gasteiger partial charge in [-0.2, -0.15) is 0 Å². The Morgan fingerprint density at radius 3 is 2.52 bits per heavy atom. The number of carbonyl (C=O) groups is 4. The molecule has 1 fully saturated rings. The molecule has 0 aromatic heterocycles. The second kappa shape index (κ2) is 7.05. The van der Waals surface area contributed by atoms with Crippen LogP contribution in [0, 0.1) is 11.8 Å².